The van der Waals surface area contributed by atoms with Crippen LogP contribution in [0.1, 0.15) is 12.8 Å². The summed E-state index contributed by atoms with van der Waals surface area (Å²) in [5.41, 5.74) is 0. The summed E-state index contributed by atoms with van der Waals surface area (Å²) >= 11 is 0. The summed E-state index contributed by atoms with van der Waals surface area (Å²) in [5, 5.41) is 9.54. The molecule has 1 aliphatic carbocycles. The fourth-order valence-electron chi connectivity index (χ4n) is 2.18. The van der Waals surface area contributed by atoms with Gasteiger partial charge < -0.3 is 14.6 Å². The average molecular weight is 200 g/mol. The van der Waals surface area contributed by atoms with Crippen LogP contribution in [0.4, 0.5) is 0 Å². The molecule has 0 radical (unpaired) electrons. The number of hydrogen-bond acceptors (Lipinski definition) is 5. The van der Waals surface area contributed by atoms with E-state index in [2.05, 4.69) is 4.74 Å². The molecule has 2 fully saturated rings. The predicted molar refractivity (Wildman–Crippen MR) is 44.1 cm³/mol. The Balaban J connectivity index is 2.18. The molecule has 2 bridgehead atoms. The Kier molecular flexibility index (Phi) is 2.19. The quantitative estimate of drug-likeness (QED) is 0.576. The summed E-state index contributed by atoms with van der Waals surface area (Å²) in [5.74, 6) is -1.79. The van der Waals surface area contributed by atoms with Gasteiger partial charge in [-0.05, 0) is 6.42 Å². The van der Waals surface area contributed by atoms with E-state index in [0.717, 1.165) is 0 Å². The first-order chi connectivity index (χ1) is 6.63. The molecule has 1 saturated heterocycles. The SMILES string of the molecule is COC(=O)[C@@H]1C[C@@H](O)[C@H]2C[C@@H]1C(=O)O2. The topological polar surface area (TPSA) is 72.8 Å². The van der Waals surface area contributed by atoms with Crippen molar-refractivity contribution in [1.82, 2.24) is 0 Å². The standard InChI is InChI=1S/C9H12O5/c1-13-8(11)4-2-6(10)7-3-5(4)9(12)14-7/h4-7,10H,2-3H2,1H3/t4-,5+,6-,7-/m1/s1. The van der Waals surface area contributed by atoms with Gasteiger partial charge in [-0.1, -0.05) is 0 Å². The van der Waals surface area contributed by atoms with Gasteiger partial charge in [0.2, 0.25) is 0 Å². The van der Waals surface area contributed by atoms with Gasteiger partial charge in [0.25, 0.3) is 0 Å². The number of carbonyl (C=O) groups is 2. The minimum Gasteiger partial charge on any atom is -0.469 e. The average Bonchev–Trinajstić information content (AvgIpc) is 2.50. The lowest BCUT2D eigenvalue weighted by Crippen LogP contribution is -2.38. The van der Waals surface area contributed by atoms with E-state index in [1.54, 1.807) is 0 Å². The fourth-order valence-corrected chi connectivity index (χ4v) is 2.18. The van der Waals surface area contributed by atoms with Crippen molar-refractivity contribution in [3.63, 3.8) is 0 Å². The second kappa shape index (κ2) is 3.24. The van der Waals surface area contributed by atoms with E-state index in [4.69, 9.17) is 4.74 Å². The van der Waals surface area contributed by atoms with Crippen LogP contribution in [-0.2, 0) is 19.1 Å². The zero-order valence-corrected chi connectivity index (χ0v) is 7.80. The first-order valence-electron chi connectivity index (χ1n) is 4.60. The summed E-state index contributed by atoms with van der Waals surface area (Å²) in [7, 11) is 1.28. The van der Waals surface area contributed by atoms with E-state index < -0.39 is 30.0 Å². The third kappa shape index (κ3) is 1.28. The highest BCUT2D eigenvalue weighted by Crippen LogP contribution is 2.39. The van der Waals surface area contributed by atoms with E-state index >= 15 is 0 Å². The Labute approximate surface area is 81.0 Å². The van der Waals surface area contributed by atoms with E-state index in [1.165, 1.54) is 7.11 Å². The van der Waals surface area contributed by atoms with E-state index in [-0.39, 0.29) is 12.4 Å². The number of carbonyl (C=O) groups excluding carboxylic acids is 2. The molecule has 4 atom stereocenters. The van der Waals surface area contributed by atoms with Gasteiger partial charge in [-0.25, -0.2) is 0 Å². The van der Waals surface area contributed by atoms with Crippen LogP contribution >= 0.6 is 0 Å². The van der Waals surface area contributed by atoms with Gasteiger partial charge in [-0.3, -0.25) is 9.59 Å². The first kappa shape index (κ1) is 9.45. The molecule has 1 heterocycles. The third-order valence-corrected chi connectivity index (χ3v) is 2.97. The van der Waals surface area contributed by atoms with Crippen LogP contribution in [0.3, 0.4) is 0 Å². The molecular formula is C9H12O5. The summed E-state index contributed by atoms with van der Waals surface area (Å²) in [4.78, 5) is 22.6. The van der Waals surface area contributed by atoms with Crippen molar-refractivity contribution in [2.45, 2.75) is 25.0 Å². The molecule has 0 aromatic rings. The molecule has 2 rings (SSSR count). The second-order valence-corrected chi connectivity index (χ2v) is 3.75. The van der Waals surface area contributed by atoms with Crippen LogP contribution in [0.2, 0.25) is 0 Å². The Morgan fingerprint density at radius 1 is 1.57 bits per heavy atom. The van der Waals surface area contributed by atoms with Crippen LogP contribution in [0.25, 0.3) is 0 Å². The molecule has 5 heteroatoms. The normalized spacial score (nSPS) is 40.6. The number of methoxy groups -OCH3 is 1. The van der Waals surface area contributed by atoms with Crippen LogP contribution < -0.4 is 0 Å². The Morgan fingerprint density at radius 2 is 2.29 bits per heavy atom. The molecule has 0 aromatic heterocycles. The molecule has 0 aromatic carbocycles. The van der Waals surface area contributed by atoms with E-state index in [0.29, 0.717) is 6.42 Å². The summed E-state index contributed by atoms with van der Waals surface area (Å²) < 4.78 is 9.50. The van der Waals surface area contributed by atoms with Crippen molar-refractivity contribution < 1.29 is 24.2 Å². The summed E-state index contributed by atoms with van der Waals surface area (Å²) in [6.07, 6.45) is -0.469. The molecule has 0 spiro atoms. The van der Waals surface area contributed by atoms with Gasteiger partial charge in [0.15, 0.2) is 0 Å². The maximum Gasteiger partial charge on any atom is 0.310 e. The molecule has 1 saturated carbocycles. The highest BCUT2D eigenvalue weighted by atomic mass is 16.6. The van der Waals surface area contributed by atoms with E-state index in [9.17, 15) is 14.7 Å². The van der Waals surface area contributed by atoms with Gasteiger partial charge in [-0.2, -0.15) is 0 Å². The number of hydrogen-bond donors (Lipinski definition) is 1. The highest BCUT2D eigenvalue weighted by molar-refractivity contribution is 5.84. The van der Waals surface area contributed by atoms with Gasteiger partial charge in [0, 0.05) is 6.42 Å². The molecular weight excluding hydrogens is 188 g/mol. The largest absolute Gasteiger partial charge is 0.469 e. The van der Waals surface area contributed by atoms with Crippen molar-refractivity contribution in [3.05, 3.63) is 0 Å². The Morgan fingerprint density at radius 3 is 2.93 bits per heavy atom. The van der Waals surface area contributed by atoms with Gasteiger partial charge in [-0.15, -0.1) is 0 Å². The zero-order chi connectivity index (χ0) is 10.3. The lowest BCUT2D eigenvalue weighted by molar-refractivity contribution is -0.153. The van der Waals surface area contributed by atoms with E-state index in [1.807, 2.05) is 0 Å². The summed E-state index contributed by atoms with van der Waals surface area (Å²) in [6, 6.07) is 0. The lowest BCUT2D eigenvalue weighted by Gasteiger charge is -2.26. The molecule has 2 aliphatic rings. The lowest BCUT2D eigenvalue weighted by atomic mass is 9.78. The number of esters is 2. The number of rotatable bonds is 1. The second-order valence-electron chi connectivity index (χ2n) is 3.75. The molecule has 14 heavy (non-hydrogen) atoms. The molecule has 5 nitrogen and oxygen atoms in total. The third-order valence-electron chi connectivity index (χ3n) is 2.97. The van der Waals surface area contributed by atoms with Gasteiger partial charge in [0.05, 0.1) is 25.0 Å². The van der Waals surface area contributed by atoms with Gasteiger partial charge >= 0.3 is 11.9 Å². The molecule has 0 amide bonds. The van der Waals surface area contributed by atoms with Crippen molar-refractivity contribution in [3.8, 4) is 0 Å². The monoisotopic (exact) mass is 200 g/mol. The minimum atomic E-state index is -0.734. The van der Waals surface area contributed by atoms with Crippen LogP contribution in [0.15, 0.2) is 0 Å². The Hall–Kier alpha value is -1.10. The van der Waals surface area contributed by atoms with Crippen LogP contribution in [0.5, 0.6) is 0 Å². The molecule has 0 unspecified atom stereocenters. The number of ether oxygens (including phenoxy) is 2. The molecule has 78 valence electrons. The smallest absolute Gasteiger partial charge is 0.310 e. The first-order valence-corrected chi connectivity index (χ1v) is 4.60. The predicted octanol–water partition coefficient (Wildman–Crippen LogP) is -0.528. The zero-order valence-electron chi connectivity index (χ0n) is 7.80. The highest BCUT2D eigenvalue weighted by Gasteiger charge is 2.51. The van der Waals surface area contributed by atoms with Crippen molar-refractivity contribution in [2.24, 2.45) is 11.8 Å². The Bertz CT molecular complexity index is 274. The number of aliphatic hydroxyl groups is 1. The minimum absolute atomic E-state index is 0.258. The van der Waals surface area contributed by atoms with Crippen molar-refractivity contribution in [1.29, 1.82) is 0 Å². The van der Waals surface area contributed by atoms with Crippen LogP contribution in [0, 0.1) is 11.8 Å². The van der Waals surface area contributed by atoms with Crippen molar-refractivity contribution in [2.75, 3.05) is 7.11 Å². The van der Waals surface area contributed by atoms with Gasteiger partial charge in [0.1, 0.15) is 6.10 Å². The van der Waals surface area contributed by atoms with Crippen molar-refractivity contribution >= 4 is 11.9 Å². The molecule has 1 aliphatic heterocycles. The molecule has 1 N–H and O–H groups in total. The summed E-state index contributed by atoms with van der Waals surface area (Å²) in [6.45, 7) is 0. The maximum absolute atomic E-state index is 11.3. The maximum atomic E-state index is 11.3. The number of aliphatic hydroxyl groups excluding tert-OH is 1. The fraction of sp³-hybridized carbons (Fsp3) is 0.778. The number of fused-ring (bicyclic) bond motifs is 2. The van der Waals surface area contributed by atoms with Crippen LogP contribution in [-0.4, -0.2) is 36.4 Å².